The van der Waals surface area contributed by atoms with Crippen molar-refractivity contribution in [1.29, 1.82) is 0 Å². The maximum Gasteiger partial charge on any atom is 0.258 e. The normalized spacial score (nSPS) is 11.2. The summed E-state index contributed by atoms with van der Waals surface area (Å²) >= 11 is 18.3. The number of halogens is 3. The fourth-order valence-corrected chi connectivity index (χ4v) is 3.61. The molecule has 10 heteroatoms. The van der Waals surface area contributed by atoms with Crippen molar-refractivity contribution < 1.29 is 9.59 Å². The molecule has 0 fully saturated rings. The number of amides is 2. The summed E-state index contributed by atoms with van der Waals surface area (Å²) in [5.74, 6) is 0.0390. The maximum atomic E-state index is 12.9. The Labute approximate surface area is 206 Å². The van der Waals surface area contributed by atoms with Gasteiger partial charge in [0.2, 0.25) is 0 Å². The van der Waals surface area contributed by atoms with Crippen LogP contribution in [0.1, 0.15) is 26.3 Å². The summed E-state index contributed by atoms with van der Waals surface area (Å²) in [6.07, 6.45) is 1.41. The lowest BCUT2D eigenvalue weighted by molar-refractivity contribution is 0.102. The van der Waals surface area contributed by atoms with E-state index in [4.69, 9.17) is 34.8 Å². The molecule has 3 rings (SSSR count). The molecule has 0 spiro atoms. The fraction of sp³-hybridized carbons (Fsp3) is 0.130. The quantitative estimate of drug-likeness (QED) is 0.356. The zero-order valence-corrected chi connectivity index (χ0v) is 20.3. The third-order valence-corrected chi connectivity index (χ3v) is 5.32. The number of carbonyl (C=O) groups excluding carboxylic acids is 2. The number of aliphatic imine (C=N–C) groups is 1. The molecule has 2 aromatic carbocycles. The van der Waals surface area contributed by atoms with E-state index in [2.05, 4.69) is 20.6 Å². The molecule has 1 heterocycles. The highest BCUT2D eigenvalue weighted by atomic mass is 35.5. The standard InChI is InChI=1S/C23H20Cl3N5O2/c1-27-21(31(2)3)13-4-7-16(18(26)10-13)22(32)29-19-8-5-14(24)11-17(19)23(33)30-20-9-6-15(25)12-28-20/h4-12H,1-3H3,(H,29,32)(H,28,30,33). The number of amidine groups is 1. The molecule has 0 radical (unpaired) electrons. The van der Waals surface area contributed by atoms with Crippen molar-refractivity contribution in [3.05, 3.63) is 86.5 Å². The number of anilines is 2. The molecule has 0 aliphatic carbocycles. The van der Waals surface area contributed by atoms with Crippen LogP contribution in [0.25, 0.3) is 0 Å². The molecule has 33 heavy (non-hydrogen) atoms. The van der Waals surface area contributed by atoms with Crippen molar-refractivity contribution in [2.45, 2.75) is 0 Å². The molecule has 1 aromatic heterocycles. The fourth-order valence-electron chi connectivity index (χ4n) is 3.06. The smallest absolute Gasteiger partial charge is 0.258 e. The first-order chi connectivity index (χ1) is 15.7. The minimum Gasteiger partial charge on any atom is -0.363 e. The Morgan fingerprint density at radius 3 is 2.18 bits per heavy atom. The predicted octanol–water partition coefficient (Wildman–Crippen LogP) is 5.48. The van der Waals surface area contributed by atoms with Gasteiger partial charge in [0.15, 0.2) is 0 Å². The van der Waals surface area contributed by atoms with Gasteiger partial charge in [0.1, 0.15) is 11.7 Å². The molecule has 2 amide bonds. The summed E-state index contributed by atoms with van der Waals surface area (Å²) in [6, 6.07) is 12.8. The molecular weight excluding hydrogens is 485 g/mol. The van der Waals surface area contributed by atoms with E-state index in [0.717, 1.165) is 11.4 Å². The molecule has 0 saturated carbocycles. The van der Waals surface area contributed by atoms with Gasteiger partial charge in [-0.15, -0.1) is 0 Å². The number of carbonyl (C=O) groups is 2. The molecule has 2 N–H and O–H groups in total. The molecule has 0 unspecified atom stereocenters. The zero-order valence-electron chi connectivity index (χ0n) is 18.0. The van der Waals surface area contributed by atoms with Crippen LogP contribution in [-0.2, 0) is 0 Å². The van der Waals surface area contributed by atoms with Crippen LogP contribution in [0.4, 0.5) is 11.5 Å². The number of nitrogens with one attached hydrogen (secondary N) is 2. The SMILES string of the molecule is CN=C(c1ccc(C(=O)Nc2ccc(Cl)cc2C(=O)Nc2ccc(Cl)cn2)c(Cl)c1)N(C)C. The lowest BCUT2D eigenvalue weighted by Gasteiger charge is -2.16. The van der Waals surface area contributed by atoms with E-state index in [9.17, 15) is 9.59 Å². The Bertz CT molecular complexity index is 1230. The number of benzene rings is 2. The van der Waals surface area contributed by atoms with Crippen molar-refractivity contribution in [3.63, 3.8) is 0 Å². The number of rotatable bonds is 5. The number of pyridine rings is 1. The number of nitrogens with zero attached hydrogens (tertiary/aromatic N) is 3. The van der Waals surface area contributed by atoms with Gasteiger partial charge in [-0.3, -0.25) is 14.6 Å². The highest BCUT2D eigenvalue weighted by molar-refractivity contribution is 6.35. The topological polar surface area (TPSA) is 86.7 Å². The van der Waals surface area contributed by atoms with Gasteiger partial charge in [-0.25, -0.2) is 4.98 Å². The Balaban J connectivity index is 1.85. The van der Waals surface area contributed by atoms with Gasteiger partial charge in [-0.1, -0.05) is 40.9 Å². The Hall–Kier alpha value is -3.13. The molecular formula is C23H20Cl3N5O2. The van der Waals surface area contributed by atoms with Crippen molar-refractivity contribution in [1.82, 2.24) is 9.88 Å². The van der Waals surface area contributed by atoms with Crippen molar-refractivity contribution >= 4 is 64.0 Å². The van der Waals surface area contributed by atoms with Gasteiger partial charge < -0.3 is 15.5 Å². The lowest BCUT2D eigenvalue weighted by atomic mass is 10.1. The summed E-state index contributed by atoms with van der Waals surface area (Å²) in [4.78, 5) is 35.9. The second-order valence-corrected chi connectivity index (χ2v) is 8.38. The zero-order chi connectivity index (χ0) is 24.1. The molecule has 7 nitrogen and oxygen atoms in total. The summed E-state index contributed by atoms with van der Waals surface area (Å²) in [5.41, 5.74) is 1.44. The van der Waals surface area contributed by atoms with E-state index in [1.54, 1.807) is 49.5 Å². The molecule has 3 aromatic rings. The third-order valence-electron chi connectivity index (χ3n) is 4.55. The van der Waals surface area contributed by atoms with Crippen LogP contribution in [0.2, 0.25) is 15.1 Å². The van der Waals surface area contributed by atoms with Gasteiger partial charge in [0, 0.05) is 37.9 Å². The Kier molecular flexibility index (Phi) is 7.92. The molecule has 0 aliphatic rings. The van der Waals surface area contributed by atoms with E-state index < -0.39 is 11.8 Å². The van der Waals surface area contributed by atoms with E-state index in [-0.39, 0.29) is 21.8 Å². The van der Waals surface area contributed by atoms with Crippen molar-refractivity contribution in [3.8, 4) is 0 Å². The van der Waals surface area contributed by atoms with Gasteiger partial charge in [0.25, 0.3) is 11.8 Å². The van der Waals surface area contributed by atoms with Crippen molar-refractivity contribution in [2.24, 2.45) is 4.99 Å². The van der Waals surface area contributed by atoms with Gasteiger partial charge in [-0.2, -0.15) is 0 Å². The first-order valence-electron chi connectivity index (χ1n) is 9.67. The van der Waals surface area contributed by atoms with E-state index in [1.165, 1.54) is 12.3 Å². The van der Waals surface area contributed by atoms with Gasteiger partial charge >= 0.3 is 0 Å². The first-order valence-corrected chi connectivity index (χ1v) is 10.8. The predicted molar refractivity (Wildman–Crippen MR) is 134 cm³/mol. The second kappa shape index (κ2) is 10.7. The monoisotopic (exact) mass is 503 g/mol. The van der Waals surface area contributed by atoms with Crippen LogP contribution < -0.4 is 10.6 Å². The summed E-state index contributed by atoms with van der Waals surface area (Å²) in [6.45, 7) is 0. The summed E-state index contributed by atoms with van der Waals surface area (Å²) in [5, 5.41) is 6.40. The van der Waals surface area contributed by atoms with Crippen LogP contribution >= 0.6 is 34.8 Å². The van der Waals surface area contributed by atoms with Gasteiger partial charge in [0.05, 0.1) is 26.9 Å². The minimum atomic E-state index is -0.501. The van der Waals surface area contributed by atoms with Crippen molar-refractivity contribution in [2.75, 3.05) is 31.8 Å². The van der Waals surface area contributed by atoms with E-state index in [1.807, 2.05) is 19.0 Å². The Morgan fingerprint density at radius 2 is 1.58 bits per heavy atom. The molecule has 0 aliphatic heterocycles. The van der Waals surface area contributed by atoms with Crippen LogP contribution in [0.15, 0.2) is 59.7 Å². The number of hydrogen-bond acceptors (Lipinski definition) is 4. The molecule has 0 atom stereocenters. The van der Waals surface area contributed by atoms with Crippen LogP contribution in [0.3, 0.4) is 0 Å². The van der Waals surface area contributed by atoms with Crippen LogP contribution in [-0.4, -0.2) is 48.7 Å². The first kappa shape index (κ1) is 24.5. The highest BCUT2D eigenvalue weighted by Crippen LogP contribution is 2.25. The van der Waals surface area contributed by atoms with Crippen LogP contribution in [0, 0.1) is 0 Å². The molecule has 170 valence electrons. The summed E-state index contributed by atoms with van der Waals surface area (Å²) in [7, 11) is 5.41. The third kappa shape index (κ3) is 6.01. The highest BCUT2D eigenvalue weighted by Gasteiger charge is 2.18. The van der Waals surface area contributed by atoms with Crippen LogP contribution in [0.5, 0.6) is 0 Å². The number of aromatic nitrogens is 1. The van der Waals surface area contributed by atoms with Gasteiger partial charge in [-0.05, 0) is 42.5 Å². The van der Waals surface area contributed by atoms with E-state index >= 15 is 0 Å². The lowest BCUT2D eigenvalue weighted by Crippen LogP contribution is -2.23. The second-order valence-electron chi connectivity index (χ2n) is 7.10. The van der Waals surface area contributed by atoms with E-state index in [0.29, 0.717) is 15.9 Å². The number of hydrogen-bond donors (Lipinski definition) is 2. The average Bonchev–Trinajstić information content (AvgIpc) is 2.76. The molecule has 0 bridgehead atoms. The molecule has 0 saturated heterocycles. The maximum absolute atomic E-state index is 12.9. The average molecular weight is 505 g/mol. The Morgan fingerprint density at radius 1 is 0.879 bits per heavy atom. The minimum absolute atomic E-state index is 0.161. The largest absolute Gasteiger partial charge is 0.363 e. The summed E-state index contributed by atoms with van der Waals surface area (Å²) < 4.78 is 0.